The molecule has 3 aliphatic rings. The Morgan fingerprint density at radius 1 is 1.38 bits per heavy atom. The molecule has 5 nitrogen and oxygen atoms in total. The Kier molecular flexibility index (Phi) is 2.70. The van der Waals surface area contributed by atoms with Gasteiger partial charge in [-0.25, -0.2) is 0 Å². The van der Waals surface area contributed by atoms with Gasteiger partial charge in [0.2, 0.25) is 0 Å². The maximum Gasteiger partial charge on any atom is 0.262 e. The number of carbonyl (C=O) groups is 1. The summed E-state index contributed by atoms with van der Waals surface area (Å²) in [6.45, 7) is 5.46. The molecule has 4 rings (SSSR count). The summed E-state index contributed by atoms with van der Waals surface area (Å²) in [7, 11) is 0. The van der Waals surface area contributed by atoms with E-state index < -0.39 is 0 Å². The SMILES string of the molecule is CC1(C)C(Nc2ccc3c(c2)NC(=O)CO3)C2CCOC21. The van der Waals surface area contributed by atoms with E-state index in [-0.39, 0.29) is 17.9 Å². The van der Waals surface area contributed by atoms with E-state index in [0.717, 1.165) is 30.2 Å². The summed E-state index contributed by atoms with van der Waals surface area (Å²) in [5.41, 5.74) is 1.90. The number of amides is 1. The fraction of sp³-hybridized carbons (Fsp3) is 0.562. The Labute approximate surface area is 124 Å². The highest BCUT2D eigenvalue weighted by Gasteiger charge is 2.59. The molecule has 2 N–H and O–H groups in total. The minimum Gasteiger partial charge on any atom is -0.482 e. The second-order valence-electron chi connectivity index (χ2n) is 6.74. The smallest absolute Gasteiger partial charge is 0.262 e. The van der Waals surface area contributed by atoms with Gasteiger partial charge in [0.15, 0.2) is 6.61 Å². The van der Waals surface area contributed by atoms with E-state index in [1.807, 2.05) is 18.2 Å². The van der Waals surface area contributed by atoms with Crippen LogP contribution in [-0.4, -0.2) is 31.3 Å². The zero-order valence-electron chi connectivity index (χ0n) is 12.3. The third kappa shape index (κ3) is 1.91. The molecule has 112 valence electrons. The molecule has 1 aromatic carbocycles. The van der Waals surface area contributed by atoms with Crippen molar-refractivity contribution >= 4 is 17.3 Å². The lowest BCUT2D eigenvalue weighted by atomic mass is 9.57. The molecule has 2 heterocycles. The molecule has 0 bridgehead atoms. The van der Waals surface area contributed by atoms with Crippen LogP contribution in [0.5, 0.6) is 5.75 Å². The average Bonchev–Trinajstić information content (AvgIpc) is 2.91. The fourth-order valence-corrected chi connectivity index (χ4v) is 3.97. The standard InChI is InChI=1S/C16H20N2O3/c1-16(2)14(10-5-6-20-15(10)16)17-9-3-4-12-11(7-9)18-13(19)8-21-12/h3-4,7,10,14-15,17H,5-6,8H2,1-2H3,(H,18,19). The first kappa shape index (κ1) is 13.0. The number of hydrogen-bond donors (Lipinski definition) is 2. The topological polar surface area (TPSA) is 59.6 Å². The van der Waals surface area contributed by atoms with Gasteiger partial charge in [0, 0.05) is 29.7 Å². The lowest BCUT2D eigenvalue weighted by molar-refractivity contribution is -0.118. The number of nitrogens with one attached hydrogen (secondary N) is 2. The lowest BCUT2D eigenvalue weighted by Crippen LogP contribution is -2.63. The molecule has 0 radical (unpaired) electrons. The number of benzene rings is 1. The fourth-order valence-electron chi connectivity index (χ4n) is 3.97. The normalized spacial score (nSPS) is 32.3. The number of fused-ring (bicyclic) bond motifs is 2. The van der Waals surface area contributed by atoms with Gasteiger partial charge in [-0.3, -0.25) is 4.79 Å². The van der Waals surface area contributed by atoms with Crippen molar-refractivity contribution in [1.29, 1.82) is 0 Å². The van der Waals surface area contributed by atoms with Gasteiger partial charge in [-0.15, -0.1) is 0 Å². The van der Waals surface area contributed by atoms with Crippen molar-refractivity contribution in [3.8, 4) is 5.75 Å². The van der Waals surface area contributed by atoms with E-state index in [4.69, 9.17) is 9.47 Å². The molecule has 1 aromatic rings. The van der Waals surface area contributed by atoms with Crippen LogP contribution in [0.4, 0.5) is 11.4 Å². The van der Waals surface area contributed by atoms with Crippen LogP contribution in [0, 0.1) is 11.3 Å². The largest absolute Gasteiger partial charge is 0.482 e. The number of hydrogen-bond acceptors (Lipinski definition) is 4. The van der Waals surface area contributed by atoms with Crippen molar-refractivity contribution in [3.05, 3.63) is 18.2 Å². The van der Waals surface area contributed by atoms with Gasteiger partial charge < -0.3 is 20.1 Å². The summed E-state index contributed by atoms with van der Waals surface area (Å²) in [6.07, 6.45) is 1.49. The van der Waals surface area contributed by atoms with E-state index in [2.05, 4.69) is 24.5 Å². The molecule has 5 heteroatoms. The maximum absolute atomic E-state index is 11.4. The van der Waals surface area contributed by atoms with Gasteiger partial charge in [0.25, 0.3) is 5.91 Å². The monoisotopic (exact) mass is 288 g/mol. The molecule has 21 heavy (non-hydrogen) atoms. The molecule has 0 spiro atoms. The quantitative estimate of drug-likeness (QED) is 0.876. The maximum atomic E-state index is 11.4. The van der Waals surface area contributed by atoms with Crippen molar-refractivity contribution in [2.24, 2.45) is 11.3 Å². The summed E-state index contributed by atoms with van der Waals surface area (Å²) >= 11 is 0. The van der Waals surface area contributed by atoms with Crippen molar-refractivity contribution in [2.45, 2.75) is 32.4 Å². The molecular formula is C16H20N2O3. The second-order valence-corrected chi connectivity index (χ2v) is 6.74. The van der Waals surface area contributed by atoms with Crippen molar-refractivity contribution < 1.29 is 14.3 Å². The van der Waals surface area contributed by atoms with E-state index in [1.54, 1.807) is 0 Å². The molecule has 1 aliphatic carbocycles. The molecule has 1 amide bonds. The van der Waals surface area contributed by atoms with Crippen LogP contribution in [0.25, 0.3) is 0 Å². The Morgan fingerprint density at radius 3 is 3.10 bits per heavy atom. The number of anilines is 2. The molecule has 1 saturated carbocycles. The molecular weight excluding hydrogens is 268 g/mol. The lowest BCUT2D eigenvalue weighted by Gasteiger charge is -2.55. The summed E-state index contributed by atoms with van der Waals surface area (Å²) < 4.78 is 11.2. The predicted octanol–water partition coefficient (Wildman–Crippen LogP) is 2.24. The Hall–Kier alpha value is -1.75. The number of ether oxygens (including phenoxy) is 2. The molecule has 2 aliphatic heterocycles. The highest BCUT2D eigenvalue weighted by molar-refractivity contribution is 5.96. The van der Waals surface area contributed by atoms with E-state index in [1.165, 1.54) is 0 Å². The third-order valence-electron chi connectivity index (χ3n) is 5.04. The minimum absolute atomic E-state index is 0.0938. The summed E-state index contributed by atoms with van der Waals surface area (Å²) in [5.74, 6) is 1.21. The van der Waals surface area contributed by atoms with Crippen LogP contribution in [-0.2, 0) is 9.53 Å². The Bertz CT molecular complexity index is 599. The van der Waals surface area contributed by atoms with Gasteiger partial charge in [-0.1, -0.05) is 13.8 Å². The second kappa shape index (κ2) is 4.37. The van der Waals surface area contributed by atoms with Crippen LogP contribution >= 0.6 is 0 Å². The van der Waals surface area contributed by atoms with Gasteiger partial charge >= 0.3 is 0 Å². The van der Waals surface area contributed by atoms with Gasteiger partial charge in [-0.2, -0.15) is 0 Å². The first-order valence-electron chi connectivity index (χ1n) is 7.50. The highest BCUT2D eigenvalue weighted by Crippen LogP contribution is 2.53. The van der Waals surface area contributed by atoms with Gasteiger partial charge in [0.1, 0.15) is 5.75 Å². The van der Waals surface area contributed by atoms with Crippen LogP contribution in [0.15, 0.2) is 18.2 Å². The van der Waals surface area contributed by atoms with Crippen molar-refractivity contribution in [2.75, 3.05) is 23.8 Å². The van der Waals surface area contributed by atoms with Crippen LogP contribution in [0.1, 0.15) is 20.3 Å². The summed E-state index contributed by atoms with van der Waals surface area (Å²) in [4.78, 5) is 11.4. The minimum atomic E-state index is -0.104. The van der Waals surface area contributed by atoms with Crippen molar-refractivity contribution in [1.82, 2.24) is 0 Å². The van der Waals surface area contributed by atoms with E-state index in [0.29, 0.717) is 18.1 Å². The molecule has 3 atom stereocenters. The molecule has 3 unspecified atom stereocenters. The summed E-state index contributed by atoms with van der Waals surface area (Å²) in [6, 6.07) is 6.27. The number of carbonyl (C=O) groups excluding carboxylic acids is 1. The van der Waals surface area contributed by atoms with Crippen LogP contribution < -0.4 is 15.4 Å². The first-order chi connectivity index (χ1) is 10.1. The first-order valence-corrected chi connectivity index (χ1v) is 7.50. The zero-order chi connectivity index (χ0) is 14.6. The van der Waals surface area contributed by atoms with E-state index >= 15 is 0 Å². The Morgan fingerprint density at radius 2 is 2.24 bits per heavy atom. The highest BCUT2D eigenvalue weighted by atomic mass is 16.5. The van der Waals surface area contributed by atoms with Crippen LogP contribution in [0.3, 0.4) is 0 Å². The zero-order valence-corrected chi connectivity index (χ0v) is 12.3. The molecule has 1 saturated heterocycles. The van der Waals surface area contributed by atoms with Gasteiger partial charge in [-0.05, 0) is 24.6 Å². The summed E-state index contributed by atoms with van der Waals surface area (Å²) in [5, 5.41) is 6.47. The predicted molar refractivity (Wildman–Crippen MR) is 79.6 cm³/mol. The molecule has 0 aromatic heterocycles. The Balaban J connectivity index is 1.55. The average molecular weight is 288 g/mol. The molecule has 2 fully saturated rings. The number of rotatable bonds is 2. The van der Waals surface area contributed by atoms with Crippen molar-refractivity contribution in [3.63, 3.8) is 0 Å². The van der Waals surface area contributed by atoms with Gasteiger partial charge in [0.05, 0.1) is 11.8 Å². The van der Waals surface area contributed by atoms with Crippen LogP contribution in [0.2, 0.25) is 0 Å². The third-order valence-corrected chi connectivity index (χ3v) is 5.04. The van der Waals surface area contributed by atoms with E-state index in [9.17, 15) is 4.79 Å².